The van der Waals surface area contributed by atoms with Crippen LogP contribution in [0.4, 0.5) is 20.4 Å². The lowest BCUT2D eigenvalue weighted by Crippen LogP contribution is -2.22. The molecule has 8 heteroatoms. The number of nitrogens with zero attached hydrogens (tertiary/aromatic N) is 4. The van der Waals surface area contributed by atoms with Crippen LogP contribution in [-0.4, -0.2) is 30.7 Å². The summed E-state index contributed by atoms with van der Waals surface area (Å²) in [4.78, 5) is 13.7. The van der Waals surface area contributed by atoms with E-state index in [1.54, 1.807) is 30.6 Å². The van der Waals surface area contributed by atoms with E-state index in [1.165, 1.54) is 24.3 Å². The molecule has 0 radical (unpaired) electrons. The molecule has 1 fully saturated rings. The number of halogens is 2. The molecule has 2 heterocycles. The molecule has 2 N–H and O–H groups in total. The van der Waals surface area contributed by atoms with Crippen molar-refractivity contribution < 1.29 is 13.9 Å². The second-order valence-electron chi connectivity index (χ2n) is 8.66. The van der Waals surface area contributed by atoms with Crippen molar-refractivity contribution in [3.05, 3.63) is 78.1 Å². The molecule has 0 atom stereocenters. The van der Waals surface area contributed by atoms with Gasteiger partial charge in [0.2, 0.25) is 5.95 Å². The number of aromatic nitrogens is 4. The van der Waals surface area contributed by atoms with E-state index >= 15 is 0 Å². The average Bonchev–Trinajstić information content (AvgIpc) is 3.27. The Bertz CT molecular complexity index is 1300. The summed E-state index contributed by atoms with van der Waals surface area (Å²) in [5.74, 6) is 0.527. The number of aryl methyl sites for hydroxylation is 1. The second-order valence-corrected chi connectivity index (χ2v) is 8.66. The van der Waals surface area contributed by atoms with Gasteiger partial charge in [0.1, 0.15) is 17.5 Å². The van der Waals surface area contributed by atoms with Crippen LogP contribution in [0.5, 0.6) is 0 Å². The minimum atomic E-state index is -0.300. The maximum Gasteiger partial charge on any atom is 0.227 e. The number of hydrogen-bond donors (Lipinski definition) is 2. The molecule has 1 aliphatic carbocycles. The number of benzene rings is 2. The van der Waals surface area contributed by atoms with Crippen molar-refractivity contribution in [2.45, 2.75) is 44.8 Å². The van der Waals surface area contributed by atoms with Crippen molar-refractivity contribution in [2.75, 3.05) is 5.32 Å². The van der Waals surface area contributed by atoms with Crippen LogP contribution in [0.1, 0.15) is 37.3 Å². The molecule has 34 heavy (non-hydrogen) atoms. The van der Waals surface area contributed by atoms with Gasteiger partial charge in [-0.1, -0.05) is 0 Å². The highest BCUT2D eigenvalue weighted by atomic mass is 19.1. The average molecular weight is 462 g/mol. The van der Waals surface area contributed by atoms with Gasteiger partial charge in [-0.3, -0.25) is 0 Å². The van der Waals surface area contributed by atoms with Gasteiger partial charge in [-0.25, -0.2) is 23.7 Å². The summed E-state index contributed by atoms with van der Waals surface area (Å²) >= 11 is 0. The van der Waals surface area contributed by atoms with Crippen molar-refractivity contribution in [1.82, 2.24) is 19.5 Å². The third-order valence-corrected chi connectivity index (χ3v) is 6.28. The topological polar surface area (TPSA) is 75.9 Å². The summed E-state index contributed by atoms with van der Waals surface area (Å²) < 4.78 is 29.2. The third-order valence-electron chi connectivity index (χ3n) is 6.28. The van der Waals surface area contributed by atoms with E-state index < -0.39 is 0 Å². The van der Waals surface area contributed by atoms with Crippen molar-refractivity contribution in [1.29, 1.82) is 0 Å². The van der Waals surface area contributed by atoms with Crippen LogP contribution < -0.4 is 5.32 Å². The van der Waals surface area contributed by atoms with Crippen molar-refractivity contribution >= 4 is 11.6 Å². The first-order chi connectivity index (χ1) is 16.5. The summed E-state index contributed by atoms with van der Waals surface area (Å²) in [5.41, 5.74) is 3.79. The number of imidazole rings is 1. The zero-order valence-electron chi connectivity index (χ0n) is 18.7. The van der Waals surface area contributed by atoms with E-state index in [9.17, 15) is 13.9 Å². The van der Waals surface area contributed by atoms with Gasteiger partial charge in [0.05, 0.1) is 23.7 Å². The van der Waals surface area contributed by atoms with Gasteiger partial charge >= 0.3 is 0 Å². The smallest absolute Gasteiger partial charge is 0.227 e. The lowest BCUT2D eigenvalue weighted by atomic mass is 9.92. The summed E-state index contributed by atoms with van der Waals surface area (Å²) in [6, 6.07) is 12.8. The highest BCUT2D eigenvalue weighted by Gasteiger charge is 2.26. The predicted octanol–water partition coefficient (Wildman–Crippen LogP) is 5.81. The molecule has 0 spiro atoms. The molecule has 0 amide bonds. The molecule has 0 bridgehead atoms. The van der Waals surface area contributed by atoms with Crippen LogP contribution >= 0.6 is 0 Å². The maximum absolute atomic E-state index is 13.5. The molecule has 0 unspecified atom stereocenters. The highest BCUT2D eigenvalue weighted by molar-refractivity contribution is 5.66. The molecule has 0 aliphatic heterocycles. The normalized spacial score (nSPS) is 18.1. The minimum absolute atomic E-state index is 0.131. The standard InChI is InChI=1S/C26H25F2N5O/c1-16-14-19(28)6-11-22(16)31-26-29-13-12-23(32-26)24-15-30-25(17-2-4-18(27)5-3-17)33(24)20-7-9-21(34)10-8-20/h2-6,11-15,20-21,34H,7-10H2,1H3,(H,29,31,32). The van der Waals surface area contributed by atoms with Crippen LogP contribution in [0.3, 0.4) is 0 Å². The van der Waals surface area contributed by atoms with E-state index in [4.69, 9.17) is 4.98 Å². The molecule has 6 nitrogen and oxygen atoms in total. The van der Waals surface area contributed by atoms with Crippen LogP contribution in [-0.2, 0) is 0 Å². The summed E-state index contributed by atoms with van der Waals surface area (Å²) in [5, 5.41) is 13.2. The Hall–Kier alpha value is -3.65. The SMILES string of the molecule is Cc1cc(F)ccc1Nc1nccc(-c2cnc(-c3ccc(F)cc3)n2C2CCC(O)CC2)n1. The fourth-order valence-corrected chi connectivity index (χ4v) is 4.50. The number of rotatable bonds is 5. The Balaban J connectivity index is 1.54. The largest absolute Gasteiger partial charge is 0.393 e. The molecule has 0 saturated heterocycles. The van der Waals surface area contributed by atoms with Gasteiger partial charge in [0.15, 0.2) is 0 Å². The van der Waals surface area contributed by atoms with Gasteiger partial charge in [0, 0.05) is 23.5 Å². The summed E-state index contributed by atoms with van der Waals surface area (Å²) in [7, 11) is 0. The predicted molar refractivity (Wildman–Crippen MR) is 127 cm³/mol. The molecule has 4 aromatic rings. The van der Waals surface area contributed by atoms with Crippen LogP contribution in [0.25, 0.3) is 22.8 Å². The quantitative estimate of drug-likeness (QED) is 0.392. The van der Waals surface area contributed by atoms with Crippen LogP contribution in [0.15, 0.2) is 60.9 Å². The van der Waals surface area contributed by atoms with E-state index in [2.05, 4.69) is 19.9 Å². The van der Waals surface area contributed by atoms with Gasteiger partial charge in [0.25, 0.3) is 0 Å². The fourth-order valence-electron chi connectivity index (χ4n) is 4.50. The third kappa shape index (κ3) is 4.54. The summed E-state index contributed by atoms with van der Waals surface area (Å²) in [6.45, 7) is 1.82. The van der Waals surface area contributed by atoms with Crippen molar-refractivity contribution in [3.8, 4) is 22.8 Å². The lowest BCUT2D eigenvalue weighted by Gasteiger charge is -2.29. The van der Waals surface area contributed by atoms with Crippen molar-refractivity contribution in [3.63, 3.8) is 0 Å². The first kappa shape index (κ1) is 22.2. The Morgan fingerprint density at radius 3 is 2.41 bits per heavy atom. The molecule has 5 rings (SSSR count). The van der Waals surface area contributed by atoms with E-state index in [0.29, 0.717) is 24.5 Å². The van der Waals surface area contributed by atoms with Gasteiger partial charge in [-0.15, -0.1) is 0 Å². The van der Waals surface area contributed by atoms with Gasteiger partial charge in [-0.2, -0.15) is 0 Å². The zero-order valence-corrected chi connectivity index (χ0v) is 18.7. The van der Waals surface area contributed by atoms with E-state index in [1.807, 2.05) is 13.0 Å². The lowest BCUT2D eigenvalue weighted by molar-refractivity contribution is 0.111. The molecule has 2 aromatic carbocycles. The number of hydrogen-bond acceptors (Lipinski definition) is 5. The minimum Gasteiger partial charge on any atom is -0.393 e. The molecular weight excluding hydrogens is 436 g/mol. The Kier molecular flexibility index (Phi) is 6.06. The Labute approximate surface area is 196 Å². The monoisotopic (exact) mass is 461 g/mol. The van der Waals surface area contributed by atoms with E-state index in [0.717, 1.165) is 41.2 Å². The molecular formula is C26H25F2N5O. The molecule has 2 aromatic heterocycles. The Morgan fingerprint density at radius 2 is 1.68 bits per heavy atom. The maximum atomic E-state index is 13.5. The number of anilines is 2. The second kappa shape index (κ2) is 9.30. The van der Waals surface area contributed by atoms with Crippen LogP contribution in [0, 0.1) is 18.6 Å². The number of nitrogens with one attached hydrogen (secondary N) is 1. The Morgan fingerprint density at radius 1 is 0.941 bits per heavy atom. The van der Waals surface area contributed by atoms with Crippen LogP contribution in [0.2, 0.25) is 0 Å². The summed E-state index contributed by atoms with van der Waals surface area (Å²) in [6.07, 6.45) is 6.21. The number of aliphatic hydroxyl groups excluding tert-OH is 1. The molecule has 1 aliphatic rings. The first-order valence-electron chi connectivity index (χ1n) is 11.4. The fraction of sp³-hybridized carbons (Fsp3) is 0.269. The zero-order chi connectivity index (χ0) is 23.7. The van der Waals surface area contributed by atoms with Gasteiger partial charge < -0.3 is 15.0 Å². The first-order valence-corrected chi connectivity index (χ1v) is 11.4. The molecule has 174 valence electrons. The molecule has 1 saturated carbocycles. The highest BCUT2D eigenvalue weighted by Crippen LogP contribution is 2.37. The van der Waals surface area contributed by atoms with Crippen molar-refractivity contribution in [2.24, 2.45) is 0 Å². The number of aliphatic hydroxyl groups is 1. The van der Waals surface area contributed by atoms with Gasteiger partial charge in [-0.05, 0) is 86.7 Å². The van der Waals surface area contributed by atoms with E-state index in [-0.39, 0.29) is 23.8 Å².